The van der Waals surface area contributed by atoms with Gasteiger partial charge in [0.05, 0.1) is 0 Å². The Morgan fingerprint density at radius 2 is 1.60 bits per heavy atom. The Bertz CT molecular complexity index is 875. The smallest absolute Gasteiger partial charge is 0.315 e. The van der Waals surface area contributed by atoms with Gasteiger partial charge in [0.2, 0.25) is 5.91 Å². The normalized spacial score (nSPS) is 17.9. The van der Waals surface area contributed by atoms with Crippen molar-refractivity contribution in [1.29, 1.82) is 0 Å². The highest BCUT2D eigenvalue weighted by Crippen LogP contribution is 2.40. The van der Waals surface area contributed by atoms with Crippen LogP contribution in [0.5, 0.6) is 0 Å². The summed E-state index contributed by atoms with van der Waals surface area (Å²) in [6, 6.07) is 18.5. The first kappa shape index (κ1) is 20.5. The summed E-state index contributed by atoms with van der Waals surface area (Å²) in [5.41, 5.74) is 3.53. The third-order valence-electron chi connectivity index (χ3n) is 6.62. The van der Waals surface area contributed by atoms with Crippen LogP contribution >= 0.6 is 0 Å². The highest BCUT2D eigenvalue weighted by atomic mass is 16.2. The van der Waals surface area contributed by atoms with E-state index < -0.39 is 0 Å². The molecule has 2 aromatic carbocycles. The van der Waals surface area contributed by atoms with Crippen molar-refractivity contribution in [2.24, 2.45) is 0 Å². The maximum absolute atomic E-state index is 12.6. The maximum Gasteiger partial charge on any atom is 0.315 e. The van der Waals surface area contributed by atoms with Crippen LogP contribution in [0, 0.1) is 0 Å². The molecule has 5 heteroatoms. The van der Waals surface area contributed by atoms with Crippen LogP contribution < -0.4 is 10.6 Å². The Balaban J connectivity index is 1.33. The number of carbonyl (C=O) groups is 2. The topological polar surface area (TPSA) is 61.4 Å². The lowest BCUT2D eigenvalue weighted by atomic mass is 9.79. The summed E-state index contributed by atoms with van der Waals surface area (Å²) in [4.78, 5) is 26.4. The molecule has 2 fully saturated rings. The summed E-state index contributed by atoms with van der Waals surface area (Å²) in [5, 5.41) is 6.13. The molecule has 2 aliphatic rings. The van der Waals surface area contributed by atoms with Crippen LogP contribution in [0.25, 0.3) is 0 Å². The monoisotopic (exact) mass is 405 g/mol. The number of rotatable bonds is 7. The number of likely N-dealkylation sites (tertiary alicyclic amines) is 1. The highest BCUT2D eigenvalue weighted by Gasteiger charge is 2.35. The van der Waals surface area contributed by atoms with Gasteiger partial charge >= 0.3 is 6.03 Å². The molecule has 0 unspecified atom stereocenters. The molecule has 2 aromatic rings. The first-order valence-electron chi connectivity index (χ1n) is 11.1. The summed E-state index contributed by atoms with van der Waals surface area (Å²) in [7, 11) is 0. The van der Waals surface area contributed by atoms with Gasteiger partial charge in [0.15, 0.2) is 0 Å². The number of hydrogen-bond donors (Lipinski definition) is 2. The predicted molar refractivity (Wildman–Crippen MR) is 118 cm³/mol. The molecule has 158 valence electrons. The van der Waals surface area contributed by atoms with Crippen molar-refractivity contribution in [3.8, 4) is 0 Å². The highest BCUT2D eigenvalue weighted by molar-refractivity contribution is 5.78. The van der Waals surface area contributed by atoms with E-state index in [0.717, 1.165) is 36.9 Å². The largest absolute Gasteiger partial charge is 0.338 e. The molecule has 1 saturated heterocycles. The average Bonchev–Trinajstić information content (AvgIpc) is 3.42. The van der Waals surface area contributed by atoms with Crippen LogP contribution in [-0.2, 0) is 23.3 Å². The predicted octanol–water partition coefficient (Wildman–Crippen LogP) is 4.12. The Labute approximate surface area is 178 Å². The minimum Gasteiger partial charge on any atom is -0.338 e. The Morgan fingerprint density at radius 3 is 2.30 bits per heavy atom. The molecule has 1 aliphatic heterocycles. The van der Waals surface area contributed by atoms with Crippen molar-refractivity contribution < 1.29 is 9.59 Å². The standard InChI is InChI=1S/C25H31N3O2/c29-23-13-8-16-28(23)18-21-10-5-4-9-20(21)17-26-24(30)27-19-25(14-6-7-15-25)22-11-2-1-3-12-22/h1-5,9-12H,6-8,13-19H2,(H2,26,27,30). The number of carbonyl (C=O) groups excluding carboxylic acids is 2. The van der Waals surface area contributed by atoms with Crippen molar-refractivity contribution in [2.75, 3.05) is 13.1 Å². The Kier molecular flexibility index (Phi) is 6.36. The van der Waals surface area contributed by atoms with Crippen molar-refractivity contribution in [1.82, 2.24) is 15.5 Å². The average molecular weight is 406 g/mol. The molecule has 1 saturated carbocycles. The second-order valence-electron chi connectivity index (χ2n) is 8.58. The van der Waals surface area contributed by atoms with Gasteiger partial charge < -0.3 is 15.5 Å². The van der Waals surface area contributed by atoms with E-state index in [4.69, 9.17) is 0 Å². The molecule has 0 atom stereocenters. The third-order valence-corrected chi connectivity index (χ3v) is 6.62. The fourth-order valence-corrected chi connectivity index (χ4v) is 4.86. The minimum atomic E-state index is -0.135. The van der Waals surface area contributed by atoms with Gasteiger partial charge in [0, 0.05) is 38.0 Å². The molecule has 5 nitrogen and oxygen atoms in total. The first-order chi connectivity index (χ1) is 14.7. The third kappa shape index (κ3) is 4.66. The van der Waals surface area contributed by atoms with E-state index in [1.807, 2.05) is 35.2 Å². The molecule has 1 aliphatic carbocycles. The van der Waals surface area contributed by atoms with Gasteiger partial charge in [-0.2, -0.15) is 0 Å². The summed E-state index contributed by atoms with van der Waals surface area (Å²) < 4.78 is 0. The van der Waals surface area contributed by atoms with E-state index in [9.17, 15) is 9.59 Å². The van der Waals surface area contributed by atoms with Gasteiger partial charge in [-0.15, -0.1) is 0 Å². The lowest BCUT2D eigenvalue weighted by Gasteiger charge is -2.30. The molecule has 2 N–H and O–H groups in total. The second kappa shape index (κ2) is 9.33. The molecule has 0 radical (unpaired) electrons. The lowest BCUT2D eigenvalue weighted by Crippen LogP contribution is -2.43. The Hall–Kier alpha value is -2.82. The van der Waals surface area contributed by atoms with Crippen molar-refractivity contribution in [3.05, 3.63) is 71.3 Å². The fourth-order valence-electron chi connectivity index (χ4n) is 4.86. The molecule has 30 heavy (non-hydrogen) atoms. The molecule has 0 bridgehead atoms. The van der Waals surface area contributed by atoms with Crippen LogP contribution in [-0.4, -0.2) is 29.9 Å². The van der Waals surface area contributed by atoms with Crippen LogP contribution in [0.4, 0.5) is 4.79 Å². The van der Waals surface area contributed by atoms with Gasteiger partial charge in [0.1, 0.15) is 0 Å². The van der Waals surface area contributed by atoms with E-state index in [2.05, 4.69) is 34.9 Å². The number of benzene rings is 2. The molecular formula is C25H31N3O2. The van der Waals surface area contributed by atoms with E-state index in [-0.39, 0.29) is 17.4 Å². The van der Waals surface area contributed by atoms with Crippen LogP contribution in [0.1, 0.15) is 55.2 Å². The van der Waals surface area contributed by atoms with Gasteiger partial charge in [-0.1, -0.05) is 67.4 Å². The molecule has 0 aromatic heterocycles. The SMILES string of the molecule is O=C(NCc1ccccc1CN1CCCC1=O)NCC1(c2ccccc2)CCCC1. The van der Waals surface area contributed by atoms with Crippen LogP contribution in [0.3, 0.4) is 0 Å². The quantitative estimate of drug-likeness (QED) is 0.728. The van der Waals surface area contributed by atoms with Gasteiger partial charge in [-0.05, 0) is 36.0 Å². The fraction of sp³-hybridized carbons (Fsp3) is 0.440. The van der Waals surface area contributed by atoms with Gasteiger partial charge in [-0.25, -0.2) is 4.79 Å². The van der Waals surface area contributed by atoms with Crippen molar-refractivity contribution in [2.45, 2.75) is 57.0 Å². The lowest BCUT2D eigenvalue weighted by molar-refractivity contribution is -0.128. The first-order valence-corrected chi connectivity index (χ1v) is 11.1. The molecular weight excluding hydrogens is 374 g/mol. The van der Waals surface area contributed by atoms with Crippen molar-refractivity contribution in [3.63, 3.8) is 0 Å². The van der Waals surface area contributed by atoms with Crippen LogP contribution in [0.2, 0.25) is 0 Å². The van der Waals surface area contributed by atoms with Crippen LogP contribution in [0.15, 0.2) is 54.6 Å². The van der Waals surface area contributed by atoms with Crippen molar-refractivity contribution >= 4 is 11.9 Å². The molecule has 3 amide bonds. The minimum absolute atomic E-state index is 0.0482. The summed E-state index contributed by atoms with van der Waals surface area (Å²) in [5.74, 6) is 0.221. The molecule has 0 spiro atoms. The second-order valence-corrected chi connectivity index (χ2v) is 8.58. The number of hydrogen-bond acceptors (Lipinski definition) is 2. The van der Waals surface area contributed by atoms with E-state index in [1.54, 1.807) is 0 Å². The van der Waals surface area contributed by atoms with Gasteiger partial charge in [-0.3, -0.25) is 4.79 Å². The number of urea groups is 1. The van der Waals surface area contributed by atoms with E-state index >= 15 is 0 Å². The summed E-state index contributed by atoms with van der Waals surface area (Å²) >= 11 is 0. The molecule has 1 heterocycles. The molecule has 4 rings (SSSR count). The Morgan fingerprint density at radius 1 is 0.900 bits per heavy atom. The summed E-state index contributed by atoms with van der Waals surface area (Å²) in [6.07, 6.45) is 6.23. The summed E-state index contributed by atoms with van der Waals surface area (Å²) in [6.45, 7) is 2.56. The zero-order valence-electron chi connectivity index (χ0n) is 17.5. The van der Waals surface area contributed by atoms with Gasteiger partial charge in [0.25, 0.3) is 0 Å². The number of nitrogens with zero attached hydrogens (tertiary/aromatic N) is 1. The number of nitrogens with one attached hydrogen (secondary N) is 2. The van der Waals surface area contributed by atoms with E-state index in [1.165, 1.54) is 18.4 Å². The zero-order chi connectivity index (χ0) is 20.8. The maximum atomic E-state index is 12.6. The van der Waals surface area contributed by atoms with E-state index in [0.29, 0.717) is 26.1 Å². The zero-order valence-corrected chi connectivity index (χ0v) is 17.5. The number of amides is 3.